The lowest BCUT2D eigenvalue weighted by Gasteiger charge is -2.39. The minimum atomic E-state index is -0.460. The van der Waals surface area contributed by atoms with Crippen LogP contribution in [0.3, 0.4) is 0 Å². The van der Waals surface area contributed by atoms with Crippen molar-refractivity contribution in [1.29, 1.82) is 0 Å². The van der Waals surface area contributed by atoms with Gasteiger partial charge in [0, 0.05) is 29.3 Å². The minimum Gasteiger partial charge on any atom is -0.444 e. The zero-order chi connectivity index (χ0) is 16.3. The van der Waals surface area contributed by atoms with Gasteiger partial charge in [0.1, 0.15) is 5.60 Å². The van der Waals surface area contributed by atoms with E-state index in [-0.39, 0.29) is 12.1 Å². The van der Waals surface area contributed by atoms with E-state index in [4.69, 9.17) is 4.74 Å². The molecule has 1 aliphatic rings. The maximum Gasteiger partial charge on any atom is 0.407 e. The van der Waals surface area contributed by atoms with Crippen LogP contribution in [0.2, 0.25) is 0 Å². The molecule has 1 amide bonds. The number of rotatable bonds is 2. The summed E-state index contributed by atoms with van der Waals surface area (Å²) in [7, 11) is 0. The number of nitrogens with one attached hydrogen (secondary N) is 1. The second-order valence-corrected chi connectivity index (χ2v) is 7.69. The Balaban J connectivity index is 1.91. The molecule has 0 radical (unpaired) electrons. The molecule has 0 spiro atoms. The van der Waals surface area contributed by atoms with Crippen LogP contribution in [0.15, 0.2) is 22.9 Å². The van der Waals surface area contributed by atoms with Gasteiger partial charge in [-0.15, -0.1) is 0 Å². The van der Waals surface area contributed by atoms with Gasteiger partial charge in [-0.3, -0.25) is 4.98 Å². The van der Waals surface area contributed by atoms with Crippen molar-refractivity contribution in [1.82, 2.24) is 10.3 Å². The third-order valence-corrected chi connectivity index (χ3v) is 4.05. The quantitative estimate of drug-likeness (QED) is 0.862. The Hall–Kier alpha value is -1.30. The third kappa shape index (κ3) is 4.87. The molecule has 2 unspecified atom stereocenters. The van der Waals surface area contributed by atoms with Crippen LogP contribution in [0.1, 0.15) is 40.5 Å². The Kier molecular flexibility index (Phi) is 5.32. The maximum atomic E-state index is 11.9. The number of pyridine rings is 1. The first-order valence-electron chi connectivity index (χ1n) is 7.61. The average Bonchev–Trinajstić information content (AvgIpc) is 2.36. The number of amides is 1. The summed E-state index contributed by atoms with van der Waals surface area (Å²) in [5.74, 6) is 0. The van der Waals surface area contributed by atoms with E-state index in [1.54, 1.807) is 6.20 Å². The van der Waals surface area contributed by atoms with Crippen LogP contribution in [0.5, 0.6) is 0 Å². The van der Waals surface area contributed by atoms with Gasteiger partial charge in [0.05, 0.1) is 11.9 Å². The monoisotopic (exact) mass is 369 g/mol. The standard InChI is InChI=1S/C16H24BrN3O2/c1-11-7-13(19-15(21)22-16(2,3)4)5-6-20(11)14-8-12(17)9-18-10-14/h8-11,13H,5-7H2,1-4H3,(H,19,21). The zero-order valence-electron chi connectivity index (χ0n) is 13.6. The van der Waals surface area contributed by atoms with Crippen LogP contribution in [0.4, 0.5) is 10.5 Å². The van der Waals surface area contributed by atoms with Gasteiger partial charge in [0.2, 0.25) is 0 Å². The molecule has 1 fully saturated rings. The first kappa shape index (κ1) is 17.1. The Morgan fingerprint density at radius 2 is 2.18 bits per heavy atom. The molecule has 0 saturated carbocycles. The molecular formula is C16H24BrN3O2. The lowest BCUT2D eigenvalue weighted by Crippen LogP contribution is -2.49. The van der Waals surface area contributed by atoms with Crippen LogP contribution >= 0.6 is 15.9 Å². The van der Waals surface area contributed by atoms with Gasteiger partial charge in [-0.1, -0.05) is 0 Å². The second kappa shape index (κ2) is 6.86. The third-order valence-electron chi connectivity index (χ3n) is 3.62. The summed E-state index contributed by atoms with van der Waals surface area (Å²) in [5, 5.41) is 2.98. The molecule has 2 atom stereocenters. The van der Waals surface area contributed by atoms with Gasteiger partial charge < -0.3 is 15.0 Å². The molecule has 1 aliphatic heterocycles. The van der Waals surface area contributed by atoms with Crippen molar-refractivity contribution in [3.63, 3.8) is 0 Å². The van der Waals surface area contributed by atoms with E-state index in [1.165, 1.54) is 0 Å². The fraction of sp³-hybridized carbons (Fsp3) is 0.625. The highest BCUT2D eigenvalue weighted by molar-refractivity contribution is 9.10. The predicted octanol–water partition coefficient (Wildman–Crippen LogP) is 3.73. The zero-order valence-corrected chi connectivity index (χ0v) is 15.2. The predicted molar refractivity (Wildman–Crippen MR) is 91.1 cm³/mol. The lowest BCUT2D eigenvalue weighted by atomic mass is 9.98. The fourth-order valence-corrected chi connectivity index (χ4v) is 3.07. The summed E-state index contributed by atoms with van der Waals surface area (Å²) in [4.78, 5) is 18.4. The normalized spacial score (nSPS) is 22.3. The molecule has 2 rings (SSSR count). The van der Waals surface area contributed by atoms with Crippen LogP contribution in [0.25, 0.3) is 0 Å². The molecule has 0 aromatic carbocycles. The van der Waals surface area contributed by atoms with E-state index in [2.05, 4.69) is 44.1 Å². The Bertz CT molecular complexity index is 530. The first-order valence-corrected chi connectivity index (χ1v) is 8.40. The van der Waals surface area contributed by atoms with Crippen molar-refractivity contribution in [3.05, 3.63) is 22.9 Å². The summed E-state index contributed by atoms with van der Waals surface area (Å²) in [5.41, 5.74) is 0.649. The average molecular weight is 370 g/mol. The number of carbonyl (C=O) groups excluding carboxylic acids is 1. The van der Waals surface area contributed by atoms with Gasteiger partial charge in [-0.05, 0) is 62.5 Å². The largest absolute Gasteiger partial charge is 0.444 e. The van der Waals surface area contributed by atoms with Gasteiger partial charge in [-0.2, -0.15) is 0 Å². The van der Waals surface area contributed by atoms with E-state index in [0.717, 1.165) is 29.5 Å². The summed E-state index contributed by atoms with van der Waals surface area (Å²) in [6.07, 6.45) is 5.12. The number of nitrogens with zero attached hydrogens (tertiary/aromatic N) is 2. The summed E-state index contributed by atoms with van der Waals surface area (Å²) in [6, 6.07) is 2.57. The minimum absolute atomic E-state index is 0.154. The molecule has 0 bridgehead atoms. The van der Waals surface area contributed by atoms with Gasteiger partial charge in [0.15, 0.2) is 0 Å². The molecule has 22 heavy (non-hydrogen) atoms. The van der Waals surface area contributed by atoms with Crippen molar-refractivity contribution in [2.75, 3.05) is 11.4 Å². The Labute approximate surface area is 140 Å². The molecular weight excluding hydrogens is 346 g/mol. The highest BCUT2D eigenvalue weighted by Crippen LogP contribution is 2.26. The van der Waals surface area contributed by atoms with Crippen LogP contribution in [0, 0.1) is 0 Å². The highest BCUT2D eigenvalue weighted by atomic mass is 79.9. The molecule has 1 aromatic rings. The second-order valence-electron chi connectivity index (χ2n) is 6.77. The van der Waals surface area contributed by atoms with Crippen molar-refractivity contribution < 1.29 is 9.53 Å². The molecule has 122 valence electrons. The molecule has 1 N–H and O–H groups in total. The van der Waals surface area contributed by atoms with E-state index >= 15 is 0 Å². The van der Waals surface area contributed by atoms with Crippen molar-refractivity contribution in [2.24, 2.45) is 0 Å². The fourth-order valence-electron chi connectivity index (χ4n) is 2.72. The van der Waals surface area contributed by atoms with Crippen molar-refractivity contribution in [3.8, 4) is 0 Å². The molecule has 0 aliphatic carbocycles. The van der Waals surface area contributed by atoms with Gasteiger partial charge in [-0.25, -0.2) is 4.79 Å². The molecule has 5 nitrogen and oxygen atoms in total. The number of aromatic nitrogens is 1. The molecule has 1 aromatic heterocycles. The number of halogens is 1. The molecule has 6 heteroatoms. The van der Waals surface area contributed by atoms with Gasteiger partial charge in [0.25, 0.3) is 0 Å². The van der Waals surface area contributed by atoms with Crippen LogP contribution in [-0.2, 0) is 4.74 Å². The number of alkyl carbamates (subject to hydrolysis) is 1. The maximum absolute atomic E-state index is 11.9. The summed E-state index contributed by atoms with van der Waals surface area (Å²) in [6.45, 7) is 8.68. The first-order chi connectivity index (χ1) is 10.2. The Morgan fingerprint density at radius 1 is 1.45 bits per heavy atom. The van der Waals surface area contributed by atoms with Gasteiger partial charge >= 0.3 is 6.09 Å². The summed E-state index contributed by atoms with van der Waals surface area (Å²) < 4.78 is 6.30. The number of piperidine rings is 1. The van der Waals surface area contributed by atoms with E-state index in [9.17, 15) is 4.79 Å². The number of carbonyl (C=O) groups is 1. The van der Waals surface area contributed by atoms with Crippen LogP contribution < -0.4 is 10.2 Å². The van der Waals surface area contributed by atoms with E-state index in [0.29, 0.717) is 6.04 Å². The van der Waals surface area contributed by atoms with Crippen molar-refractivity contribution >= 4 is 27.7 Å². The number of hydrogen-bond acceptors (Lipinski definition) is 4. The molecule has 2 heterocycles. The van der Waals surface area contributed by atoms with Crippen LogP contribution in [-0.4, -0.2) is 35.3 Å². The topological polar surface area (TPSA) is 54.5 Å². The van der Waals surface area contributed by atoms with E-state index in [1.807, 2.05) is 27.0 Å². The van der Waals surface area contributed by atoms with E-state index < -0.39 is 5.60 Å². The summed E-state index contributed by atoms with van der Waals surface area (Å²) >= 11 is 3.46. The SMILES string of the molecule is CC1CC(NC(=O)OC(C)(C)C)CCN1c1cncc(Br)c1. The lowest BCUT2D eigenvalue weighted by molar-refractivity contribution is 0.0494. The van der Waals surface area contributed by atoms with Crippen molar-refractivity contribution in [2.45, 2.75) is 58.2 Å². The highest BCUT2D eigenvalue weighted by Gasteiger charge is 2.28. The Morgan fingerprint density at radius 3 is 2.77 bits per heavy atom. The smallest absolute Gasteiger partial charge is 0.407 e. The number of anilines is 1. The number of ether oxygens (including phenoxy) is 1. The number of hydrogen-bond donors (Lipinski definition) is 1. The molecule has 1 saturated heterocycles.